The highest BCUT2D eigenvalue weighted by molar-refractivity contribution is 6.74. The summed E-state index contributed by atoms with van der Waals surface area (Å²) in [5, 5.41) is 8.95. The van der Waals surface area contributed by atoms with Crippen LogP contribution in [0.1, 0.15) is 42.3 Å². The maximum absolute atomic E-state index is 11.1. The molecule has 0 aromatic heterocycles. The van der Waals surface area contributed by atoms with Gasteiger partial charge in [-0.05, 0) is 35.3 Å². The van der Waals surface area contributed by atoms with Crippen molar-refractivity contribution in [2.45, 2.75) is 51.9 Å². The summed E-state index contributed by atoms with van der Waals surface area (Å²) < 4.78 is 6.11. The first-order chi connectivity index (χ1) is 9.56. The lowest BCUT2D eigenvalue weighted by Gasteiger charge is -2.36. The van der Waals surface area contributed by atoms with Gasteiger partial charge in [-0.1, -0.05) is 32.9 Å². The molecule has 0 aliphatic rings. The lowest BCUT2D eigenvalue weighted by molar-refractivity contribution is -0.136. The van der Waals surface area contributed by atoms with Gasteiger partial charge in [0, 0.05) is 5.56 Å². The number of benzene rings is 1. The number of rotatable bonds is 6. The molecule has 0 atom stereocenters. The molecule has 0 heterocycles. The molecular weight excluding hydrogens is 284 g/mol. The highest BCUT2D eigenvalue weighted by Gasteiger charge is 2.37. The smallest absolute Gasteiger partial charge is 0.307 e. The molecule has 0 bridgehead atoms. The Kier molecular flexibility index (Phi) is 5.47. The van der Waals surface area contributed by atoms with Gasteiger partial charge in [-0.15, -0.1) is 0 Å². The third-order valence-corrected chi connectivity index (χ3v) is 8.56. The minimum absolute atomic E-state index is 0.129. The second-order valence-electron chi connectivity index (χ2n) is 6.77. The highest BCUT2D eigenvalue weighted by Crippen LogP contribution is 2.37. The van der Waals surface area contributed by atoms with Crippen LogP contribution in [-0.4, -0.2) is 25.7 Å². The van der Waals surface area contributed by atoms with E-state index in [-0.39, 0.29) is 11.5 Å². The number of carbonyl (C=O) groups excluding carboxylic acids is 1. The fourth-order valence-electron chi connectivity index (χ4n) is 1.65. The summed E-state index contributed by atoms with van der Waals surface area (Å²) in [7, 11) is -1.84. The van der Waals surface area contributed by atoms with E-state index in [9.17, 15) is 9.59 Å². The quantitative estimate of drug-likeness (QED) is 0.643. The first-order valence-corrected chi connectivity index (χ1v) is 9.90. The molecule has 0 unspecified atom stereocenters. The molecule has 4 nitrogen and oxygen atoms in total. The molecule has 116 valence electrons. The van der Waals surface area contributed by atoms with Gasteiger partial charge in [0.05, 0.1) is 13.0 Å². The van der Waals surface area contributed by atoms with Crippen LogP contribution in [0.15, 0.2) is 18.2 Å². The van der Waals surface area contributed by atoms with Crippen molar-refractivity contribution in [2.75, 3.05) is 0 Å². The predicted octanol–water partition coefficient (Wildman–Crippen LogP) is 3.65. The summed E-state index contributed by atoms with van der Waals surface area (Å²) in [4.78, 5) is 21.9. The van der Waals surface area contributed by atoms with E-state index >= 15 is 0 Å². The Bertz CT molecular complexity index is 530. The van der Waals surface area contributed by atoms with Crippen molar-refractivity contribution in [3.63, 3.8) is 0 Å². The molecule has 1 aromatic carbocycles. The summed E-state index contributed by atoms with van der Waals surface area (Å²) in [5.74, 6) is -0.941. The van der Waals surface area contributed by atoms with E-state index in [0.29, 0.717) is 24.0 Å². The predicted molar refractivity (Wildman–Crippen MR) is 85.2 cm³/mol. The zero-order valence-corrected chi connectivity index (χ0v) is 14.4. The standard InChI is InChI=1S/C16H24O4Si/c1-16(2,3)21(4,5)20-11-12-6-7-13(9-15(18)19)14(8-12)10-17/h6-8,10H,9,11H2,1-5H3,(H,18,19). The van der Waals surface area contributed by atoms with Gasteiger partial charge in [-0.3, -0.25) is 9.59 Å². The average Bonchev–Trinajstić information content (AvgIpc) is 2.35. The maximum Gasteiger partial charge on any atom is 0.307 e. The van der Waals surface area contributed by atoms with E-state index in [1.165, 1.54) is 0 Å². The largest absolute Gasteiger partial charge is 0.481 e. The van der Waals surface area contributed by atoms with E-state index < -0.39 is 14.3 Å². The van der Waals surface area contributed by atoms with Gasteiger partial charge in [0.2, 0.25) is 0 Å². The molecule has 0 radical (unpaired) electrons. The molecule has 1 rings (SSSR count). The number of carbonyl (C=O) groups is 2. The Hall–Kier alpha value is -1.46. The Morgan fingerprint density at radius 3 is 2.43 bits per heavy atom. The molecule has 5 heteroatoms. The normalized spacial score (nSPS) is 12.2. The third-order valence-electron chi connectivity index (χ3n) is 4.08. The number of hydrogen-bond acceptors (Lipinski definition) is 3. The van der Waals surface area contributed by atoms with E-state index in [1.54, 1.807) is 12.1 Å². The van der Waals surface area contributed by atoms with Gasteiger partial charge in [0.25, 0.3) is 0 Å². The summed E-state index contributed by atoms with van der Waals surface area (Å²) in [6, 6.07) is 5.25. The van der Waals surface area contributed by atoms with Crippen molar-refractivity contribution >= 4 is 20.6 Å². The number of aldehydes is 1. The second-order valence-corrected chi connectivity index (χ2v) is 11.6. The summed E-state index contributed by atoms with van der Waals surface area (Å²) in [6.07, 6.45) is 0.561. The van der Waals surface area contributed by atoms with Crippen LogP contribution >= 0.6 is 0 Å². The molecular formula is C16H24O4Si. The van der Waals surface area contributed by atoms with Crippen LogP contribution in [0.25, 0.3) is 0 Å². The fraction of sp³-hybridized carbons (Fsp3) is 0.500. The van der Waals surface area contributed by atoms with E-state index in [4.69, 9.17) is 9.53 Å². The number of hydrogen-bond donors (Lipinski definition) is 1. The van der Waals surface area contributed by atoms with Gasteiger partial charge in [-0.25, -0.2) is 0 Å². The molecule has 0 fully saturated rings. The van der Waals surface area contributed by atoms with Crippen molar-refractivity contribution in [1.29, 1.82) is 0 Å². The van der Waals surface area contributed by atoms with Crippen LogP contribution in [0.5, 0.6) is 0 Å². The Labute approximate surface area is 127 Å². The zero-order chi connectivity index (χ0) is 16.3. The topological polar surface area (TPSA) is 63.6 Å². The number of carboxylic acids is 1. The van der Waals surface area contributed by atoms with Crippen LogP contribution in [0.4, 0.5) is 0 Å². The van der Waals surface area contributed by atoms with Gasteiger partial charge in [-0.2, -0.15) is 0 Å². The van der Waals surface area contributed by atoms with E-state index in [1.807, 2.05) is 6.07 Å². The highest BCUT2D eigenvalue weighted by atomic mass is 28.4. The SMILES string of the molecule is CC(C)(C)[Si](C)(C)OCc1ccc(CC(=O)O)c(C=O)c1. The summed E-state index contributed by atoms with van der Waals surface area (Å²) >= 11 is 0. The Morgan fingerprint density at radius 2 is 1.95 bits per heavy atom. The van der Waals surface area contributed by atoms with Gasteiger partial charge < -0.3 is 9.53 Å². The lowest BCUT2D eigenvalue weighted by Crippen LogP contribution is -2.40. The first kappa shape index (κ1) is 17.6. The fourth-order valence-corrected chi connectivity index (χ4v) is 2.61. The molecule has 0 spiro atoms. The number of carboxylic acid groups (broad SMARTS) is 1. The van der Waals surface area contributed by atoms with Crippen LogP contribution in [-0.2, 0) is 22.2 Å². The zero-order valence-electron chi connectivity index (χ0n) is 13.4. The van der Waals surface area contributed by atoms with Gasteiger partial charge in [0.1, 0.15) is 6.29 Å². The molecule has 1 N–H and O–H groups in total. The lowest BCUT2D eigenvalue weighted by atomic mass is 10.0. The van der Waals surface area contributed by atoms with Crippen LogP contribution in [0.2, 0.25) is 18.1 Å². The molecule has 0 saturated carbocycles. The number of aliphatic carboxylic acids is 1. The van der Waals surface area contributed by atoms with E-state index in [0.717, 1.165) is 5.56 Å². The first-order valence-electron chi connectivity index (χ1n) is 6.99. The average molecular weight is 308 g/mol. The summed E-state index contributed by atoms with van der Waals surface area (Å²) in [5.41, 5.74) is 1.86. The van der Waals surface area contributed by atoms with Crippen LogP contribution < -0.4 is 0 Å². The molecule has 0 saturated heterocycles. The monoisotopic (exact) mass is 308 g/mol. The van der Waals surface area contributed by atoms with Crippen LogP contribution in [0.3, 0.4) is 0 Å². The Balaban J connectivity index is 2.87. The van der Waals surface area contributed by atoms with Crippen LogP contribution in [0, 0.1) is 0 Å². The summed E-state index contributed by atoms with van der Waals surface area (Å²) in [6.45, 7) is 11.3. The van der Waals surface area contributed by atoms with Gasteiger partial charge in [0.15, 0.2) is 8.32 Å². The van der Waals surface area contributed by atoms with Crippen molar-refractivity contribution in [2.24, 2.45) is 0 Å². The molecule has 0 aliphatic carbocycles. The molecule has 1 aromatic rings. The Morgan fingerprint density at radius 1 is 1.33 bits per heavy atom. The second kappa shape index (κ2) is 6.53. The van der Waals surface area contributed by atoms with E-state index in [2.05, 4.69) is 33.9 Å². The third kappa shape index (κ3) is 4.79. The van der Waals surface area contributed by atoms with Crippen molar-refractivity contribution in [1.82, 2.24) is 0 Å². The molecule has 21 heavy (non-hydrogen) atoms. The van der Waals surface area contributed by atoms with Gasteiger partial charge >= 0.3 is 5.97 Å². The van der Waals surface area contributed by atoms with Crippen molar-refractivity contribution in [3.05, 3.63) is 34.9 Å². The maximum atomic E-state index is 11.1. The molecule has 0 amide bonds. The van der Waals surface area contributed by atoms with Crippen molar-refractivity contribution < 1.29 is 19.1 Å². The minimum Gasteiger partial charge on any atom is -0.481 e. The van der Waals surface area contributed by atoms with Crippen molar-refractivity contribution in [3.8, 4) is 0 Å². The molecule has 0 aliphatic heterocycles. The minimum atomic E-state index is -1.84.